The van der Waals surface area contributed by atoms with E-state index in [4.69, 9.17) is 36.8 Å². The van der Waals surface area contributed by atoms with Crippen LogP contribution in [0.3, 0.4) is 0 Å². The number of piperazine rings is 4. The van der Waals surface area contributed by atoms with E-state index in [1.165, 1.54) is 14.7 Å². The maximum Gasteiger partial charge on any atom is 0.412 e. The van der Waals surface area contributed by atoms with E-state index >= 15 is 0 Å². The molecule has 32 heteroatoms. The zero-order valence-corrected chi connectivity index (χ0v) is 67.8. The number of benzene rings is 3. The van der Waals surface area contributed by atoms with Crippen LogP contribution in [0.25, 0.3) is 21.8 Å². The predicted octanol–water partition coefficient (Wildman–Crippen LogP) is 9.88. The minimum absolute atomic E-state index is 0.0231. The number of ether oxygens (including phenoxy) is 4. The highest BCUT2D eigenvalue weighted by atomic mass is 127. The highest BCUT2D eigenvalue weighted by molar-refractivity contribution is 14.1. The molecule has 0 unspecified atom stereocenters. The lowest BCUT2D eigenvalue weighted by molar-refractivity contribution is -0.136. The van der Waals surface area contributed by atoms with E-state index in [0.717, 1.165) is 81.5 Å². The summed E-state index contributed by atoms with van der Waals surface area (Å²) in [5, 5.41) is 10.6. The van der Waals surface area contributed by atoms with Gasteiger partial charge in [-0.15, -0.1) is 6.42 Å². The van der Waals surface area contributed by atoms with Gasteiger partial charge in [0.2, 0.25) is 23.6 Å². The Bertz CT molecular complexity index is 4780. The summed E-state index contributed by atoms with van der Waals surface area (Å²) >= 11 is 4.24. The van der Waals surface area contributed by atoms with Gasteiger partial charge in [0.25, 0.3) is 0 Å². The van der Waals surface area contributed by atoms with E-state index in [0.29, 0.717) is 64.6 Å². The van der Waals surface area contributed by atoms with Crippen molar-refractivity contribution in [1.82, 2.24) is 74.1 Å². The number of nitrogens with one attached hydrogen (secondary N) is 3. The predicted molar refractivity (Wildman–Crippen MR) is 445 cm³/mol. The van der Waals surface area contributed by atoms with Gasteiger partial charge in [-0.1, -0.05) is 96.9 Å². The van der Waals surface area contributed by atoms with Crippen molar-refractivity contribution in [3.63, 3.8) is 0 Å². The molecular formula is C81H92I2N18O12. The maximum atomic E-state index is 12.6. The largest absolute Gasteiger partial charge is 0.445 e. The summed E-state index contributed by atoms with van der Waals surface area (Å²) in [5.41, 5.74) is 19.8. The van der Waals surface area contributed by atoms with E-state index in [1.807, 2.05) is 155 Å². The van der Waals surface area contributed by atoms with Gasteiger partial charge in [0, 0.05) is 162 Å². The monoisotopic (exact) mass is 1760 g/mol. The number of halogens is 2. The van der Waals surface area contributed by atoms with Crippen LogP contribution in [0, 0.1) is 19.5 Å². The molecule has 0 radical (unpaired) electrons. The second-order valence-corrected chi connectivity index (χ2v) is 28.8. The van der Waals surface area contributed by atoms with Crippen molar-refractivity contribution in [2.24, 2.45) is 14.1 Å². The van der Waals surface area contributed by atoms with E-state index in [9.17, 15) is 38.4 Å². The molecule has 4 aliphatic rings. The van der Waals surface area contributed by atoms with Crippen LogP contribution in [0.15, 0.2) is 201 Å². The van der Waals surface area contributed by atoms with Gasteiger partial charge in [-0.3, -0.25) is 64.1 Å². The van der Waals surface area contributed by atoms with Gasteiger partial charge < -0.3 is 64.9 Å². The van der Waals surface area contributed by atoms with Crippen LogP contribution in [0.4, 0.5) is 36.2 Å². The van der Waals surface area contributed by atoms with Crippen molar-refractivity contribution < 1.29 is 57.3 Å². The van der Waals surface area contributed by atoms with Gasteiger partial charge >= 0.3 is 24.4 Å². The summed E-state index contributed by atoms with van der Waals surface area (Å²) in [5.74, 6) is 2.23. The highest BCUT2D eigenvalue weighted by Gasteiger charge is 2.30. The normalized spacial score (nSPS) is 13.8. The first-order valence-corrected chi connectivity index (χ1v) is 38.0. The number of aromatic nitrogens is 7. The summed E-state index contributed by atoms with van der Waals surface area (Å²) in [6, 6.07) is 43.5. The van der Waals surface area contributed by atoms with Crippen molar-refractivity contribution >= 4 is 132 Å². The third-order valence-electron chi connectivity index (χ3n) is 17.0. The molecule has 30 nitrogen and oxygen atoms in total. The Morgan fingerprint density at radius 2 is 0.965 bits per heavy atom. The molecule has 0 bridgehead atoms. The summed E-state index contributed by atoms with van der Waals surface area (Å²) in [6.45, 7) is 12.7. The average Bonchev–Trinajstić information content (AvgIpc) is 1.67. The van der Waals surface area contributed by atoms with E-state index in [1.54, 1.807) is 83.6 Å². The van der Waals surface area contributed by atoms with Crippen LogP contribution in [0.5, 0.6) is 0 Å². The van der Waals surface area contributed by atoms with Gasteiger partial charge in [-0.25, -0.2) is 19.2 Å². The first kappa shape index (κ1) is 86.6. The van der Waals surface area contributed by atoms with Gasteiger partial charge in [0.15, 0.2) is 0 Å². The molecular weight excluding hydrogens is 1670 g/mol. The standard InChI is InChI=1S/C21H22N4O3.C15H16N2O3.C13H16N4O.C12H14N2O3.C10H13IN2O2.C5H5IN2.C5H6N2/c1-23-18(11-17-12-22-8-7-19(17)23)13-24-9-10-25(14-20(24)26)21(27)28-15-16-5-3-2-4-6-16;1-2-8-16-9-10-17(11-14(16)18)15(19)20-12-13-6-4-3-5-7-13;1-16-11(6-10-7-14-3-2-12(10)16)9-17-5-4-15-8-13(17)18;15-11-8-14(7-6-13-11)12(16)17-9-10-4-2-1-3-5-10;1-10(2,3)15-9(14)13-8-4-5-12-6-7(8)11;6-4-3-8-2-1-5(4)7;6-5-1-3-7-4-2-5/h2-8,11-12H,9-10,13-15H2,1H3;1,3-7H,8-12H2;2-3,6-7,15H,4-5,8-9H2,1H3;1-5H,6-9H2,(H,13,15);4-6H,1-3H3,(H,12,13,14);1-3H,(H2,7,8);1-4H,(H2,6,7). The molecule has 11 heterocycles. The number of aryl methyl sites for hydroxylation is 2. The minimum atomic E-state index is -0.484. The molecule has 3 aromatic carbocycles. The Hall–Kier alpha value is -12.0. The summed E-state index contributed by atoms with van der Waals surface area (Å²) in [4.78, 5) is 124. The number of hydrogen-bond donors (Lipinski definition) is 5. The zero-order chi connectivity index (χ0) is 81.1. The molecule has 10 aromatic rings. The zero-order valence-electron chi connectivity index (χ0n) is 63.5. The van der Waals surface area contributed by atoms with Crippen LogP contribution in [0.1, 0.15) is 48.8 Å². The fraction of sp³-hybridized carbons (Fsp3) is 0.296. The van der Waals surface area contributed by atoms with E-state index in [2.05, 4.69) is 113 Å². The molecule has 8 amide bonds. The third kappa shape index (κ3) is 29.0. The Kier molecular flexibility index (Phi) is 34.3. The quantitative estimate of drug-likeness (QED) is 0.0431. The number of terminal acetylenes is 1. The van der Waals surface area contributed by atoms with Crippen molar-refractivity contribution in [2.75, 3.05) is 102 Å². The van der Waals surface area contributed by atoms with Crippen LogP contribution in [-0.4, -0.2) is 202 Å². The number of pyridine rings is 5. The smallest absolute Gasteiger partial charge is 0.412 e. The number of fused-ring (bicyclic) bond motifs is 2. The van der Waals surface area contributed by atoms with Gasteiger partial charge in [-0.2, -0.15) is 0 Å². The number of carbonyl (C=O) groups excluding carboxylic acids is 8. The number of nitrogens with zero attached hydrogens (tertiary/aromatic N) is 13. The molecule has 592 valence electrons. The molecule has 0 atom stereocenters. The lowest BCUT2D eigenvalue weighted by Crippen LogP contribution is -2.52. The average molecular weight is 1760 g/mol. The fourth-order valence-electron chi connectivity index (χ4n) is 11.0. The van der Waals surface area contributed by atoms with Crippen molar-refractivity contribution in [3.05, 3.63) is 237 Å². The lowest BCUT2D eigenvalue weighted by atomic mass is 10.2. The van der Waals surface area contributed by atoms with Crippen LogP contribution >= 0.6 is 45.2 Å². The fourth-order valence-corrected chi connectivity index (χ4v) is 11.9. The third-order valence-corrected chi connectivity index (χ3v) is 18.8. The van der Waals surface area contributed by atoms with E-state index in [-0.39, 0.29) is 69.6 Å². The Morgan fingerprint density at radius 3 is 1.37 bits per heavy atom. The van der Waals surface area contributed by atoms with E-state index < -0.39 is 30.0 Å². The second-order valence-electron chi connectivity index (χ2n) is 26.5. The molecule has 4 fully saturated rings. The molecule has 4 aliphatic heterocycles. The topological polar surface area (TPSA) is 355 Å². The van der Waals surface area contributed by atoms with Gasteiger partial charge in [0.1, 0.15) is 45.1 Å². The highest BCUT2D eigenvalue weighted by Crippen LogP contribution is 2.23. The number of nitrogen functional groups attached to an aromatic ring is 2. The molecule has 14 rings (SSSR count). The molecule has 4 saturated heterocycles. The van der Waals surface area contributed by atoms with Crippen LogP contribution in [-0.2, 0) is 85.1 Å². The van der Waals surface area contributed by atoms with Crippen molar-refractivity contribution in [3.8, 4) is 12.3 Å². The van der Waals surface area contributed by atoms with Gasteiger partial charge in [0.05, 0.1) is 50.0 Å². The van der Waals surface area contributed by atoms with Crippen LogP contribution < -0.4 is 27.4 Å². The number of amides is 8. The molecule has 0 saturated carbocycles. The second kappa shape index (κ2) is 44.8. The SMILES string of the molecule is C#CCN1CCN(C(=O)OCc2ccccc2)CC1=O.CC(C)(C)OC(=O)Nc1ccncc1I.Cn1c(CN2CCN(C(=O)OCc3ccccc3)CC2=O)cc2cnccc21.Cn1c(CN2CCNCC2=O)cc2cnccc21.Nc1ccncc1.Nc1ccncc1I.O=C1CN(C(=O)OCc2ccccc2)CCN1. The Labute approximate surface area is 683 Å². The summed E-state index contributed by atoms with van der Waals surface area (Å²) in [6.07, 6.45) is 20.6. The van der Waals surface area contributed by atoms with Crippen molar-refractivity contribution in [2.45, 2.75) is 59.3 Å². The van der Waals surface area contributed by atoms with Gasteiger partial charge in [-0.05, 0) is 131 Å². The lowest BCUT2D eigenvalue weighted by Gasteiger charge is -2.33. The maximum absolute atomic E-state index is 12.6. The molecule has 0 spiro atoms. The molecule has 7 N–H and O–H groups in total. The Morgan fingerprint density at radius 1 is 0.522 bits per heavy atom. The summed E-state index contributed by atoms with van der Waals surface area (Å²) < 4.78 is 26.9. The number of anilines is 3. The minimum Gasteiger partial charge on any atom is -0.445 e. The molecule has 0 aliphatic carbocycles. The molecule has 7 aromatic heterocycles. The van der Waals surface area contributed by atoms with Crippen molar-refractivity contribution in [1.29, 1.82) is 0 Å². The first-order chi connectivity index (χ1) is 54.4. The number of rotatable bonds is 12. The number of nitrogens with two attached hydrogens (primary N) is 2. The van der Waals surface area contributed by atoms with Crippen LogP contribution in [0.2, 0.25) is 0 Å². The molecule has 113 heavy (non-hydrogen) atoms. The number of carbonyl (C=O) groups is 8. The number of hydrogen-bond acceptors (Lipinski definition) is 20. The Balaban J connectivity index is 0.000000171. The summed E-state index contributed by atoms with van der Waals surface area (Å²) in [7, 11) is 4.02. The first-order valence-electron chi connectivity index (χ1n) is 35.9.